The van der Waals surface area contributed by atoms with E-state index in [1.807, 2.05) is 6.07 Å². The van der Waals surface area contributed by atoms with Gasteiger partial charge >= 0.3 is 5.97 Å². The van der Waals surface area contributed by atoms with E-state index in [1.54, 1.807) is 18.2 Å². The number of thioether (sulfide) groups is 1. The maximum absolute atomic E-state index is 11.9. The Morgan fingerprint density at radius 1 is 1.27 bits per heavy atom. The number of hydrogen-bond donors (Lipinski definition) is 1. The summed E-state index contributed by atoms with van der Waals surface area (Å²) in [7, 11) is 0. The van der Waals surface area contributed by atoms with Gasteiger partial charge in [-0.3, -0.25) is 9.59 Å². The topological polar surface area (TPSA) is 72.0 Å². The fourth-order valence-corrected chi connectivity index (χ4v) is 2.68. The van der Waals surface area contributed by atoms with E-state index in [-0.39, 0.29) is 17.3 Å². The van der Waals surface area contributed by atoms with Crippen LogP contribution in [0.4, 0.5) is 0 Å². The Kier molecular flexibility index (Phi) is 6.45. The summed E-state index contributed by atoms with van der Waals surface area (Å²) >= 11 is 1.18. The van der Waals surface area contributed by atoms with Gasteiger partial charge in [-0.25, -0.2) is 4.98 Å². The van der Waals surface area contributed by atoms with Gasteiger partial charge in [0.05, 0.1) is 23.3 Å². The number of rotatable bonds is 8. The fraction of sp³-hybridized carbons (Fsp3) is 0.438. The number of carbonyl (C=O) groups excluding carboxylic acids is 1. The average molecular weight is 320 g/mol. The lowest BCUT2D eigenvalue weighted by Gasteiger charge is -2.05. The van der Waals surface area contributed by atoms with Gasteiger partial charge in [-0.15, -0.1) is 0 Å². The van der Waals surface area contributed by atoms with Crippen LogP contribution >= 0.6 is 11.8 Å². The van der Waals surface area contributed by atoms with Crippen LogP contribution in [0.1, 0.15) is 32.6 Å². The molecule has 2 rings (SSSR count). The quantitative estimate of drug-likeness (QED) is 0.350. The lowest BCUT2D eigenvalue weighted by molar-refractivity contribution is -0.140. The third kappa shape index (κ3) is 4.87. The second-order valence-corrected chi connectivity index (χ2v) is 5.92. The molecule has 0 saturated carbocycles. The summed E-state index contributed by atoms with van der Waals surface area (Å²) in [5, 5.41) is 0.983. The van der Waals surface area contributed by atoms with Gasteiger partial charge < -0.3 is 9.72 Å². The number of unbranched alkanes of at least 4 members (excludes halogenated alkanes) is 3. The van der Waals surface area contributed by atoms with E-state index in [1.165, 1.54) is 11.8 Å². The molecule has 0 amide bonds. The Balaban J connectivity index is 1.84. The standard InChI is InChI=1S/C16H20N2O3S/c1-2-3-4-7-10-21-14(19)11-22-16-17-13-9-6-5-8-12(13)15(20)18-16/h5-6,8-9H,2-4,7,10-11H2,1H3,(H,17,18,20). The number of nitrogens with one attached hydrogen (secondary N) is 1. The van der Waals surface area contributed by atoms with Crippen LogP contribution < -0.4 is 5.56 Å². The van der Waals surface area contributed by atoms with E-state index in [0.29, 0.717) is 22.7 Å². The smallest absolute Gasteiger partial charge is 0.316 e. The van der Waals surface area contributed by atoms with E-state index in [4.69, 9.17) is 4.74 Å². The third-order valence-electron chi connectivity index (χ3n) is 3.18. The molecule has 1 aromatic carbocycles. The summed E-state index contributed by atoms with van der Waals surface area (Å²) in [4.78, 5) is 30.5. The number of ether oxygens (including phenoxy) is 1. The Morgan fingerprint density at radius 2 is 2.09 bits per heavy atom. The molecule has 22 heavy (non-hydrogen) atoms. The Hall–Kier alpha value is -1.82. The van der Waals surface area contributed by atoms with Crippen molar-refractivity contribution < 1.29 is 9.53 Å². The lowest BCUT2D eigenvalue weighted by Crippen LogP contribution is -2.12. The Labute approximate surface area is 133 Å². The van der Waals surface area contributed by atoms with E-state index in [2.05, 4.69) is 16.9 Å². The van der Waals surface area contributed by atoms with Crippen molar-refractivity contribution >= 4 is 28.6 Å². The van der Waals surface area contributed by atoms with Gasteiger partial charge in [0, 0.05) is 0 Å². The number of fused-ring (bicyclic) bond motifs is 1. The molecular formula is C16H20N2O3S. The van der Waals surface area contributed by atoms with E-state index in [9.17, 15) is 9.59 Å². The number of esters is 1. The molecule has 0 spiro atoms. The van der Waals surface area contributed by atoms with Gasteiger partial charge in [0.1, 0.15) is 0 Å². The molecule has 2 aromatic rings. The van der Waals surface area contributed by atoms with Gasteiger partial charge in [0.25, 0.3) is 5.56 Å². The fourth-order valence-electron chi connectivity index (χ4n) is 2.02. The molecule has 118 valence electrons. The molecule has 0 unspecified atom stereocenters. The number of aromatic amines is 1. The van der Waals surface area contributed by atoms with Crippen molar-refractivity contribution in [1.82, 2.24) is 9.97 Å². The number of carbonyl (C=O) groups is 1. The largest absolute Gasteiger partial charge is 0.465 e. The van der Waals surface area contributed by atoms with Crippen molar-refractivity contribution in [2.24, 2.45) is 0 Å². The molecule has 0 saturated heterocycles. The van der Waals surface area contributed by atoms with E-state index < -0.39 is 0 Å². The zero-order valence-electron chi connectivity index (χ0n) is 12.6. The van der Waals surface area contributed by atoms with Crippen LogP contribution in [0.3, 0.4) is 0 Å². The highest BCUT2D eigenvalue weighted by molar-refractivity contribution is 7.99. The number of para-hydroxylation sites is 1. The molecule has 0 fully saturated rings. The first-order valence-electron chi connectivity index (χ1n) is 7.48. The van der Waals surface area contributed by atoms with Gasteiger partial charge in [-0.05, 0) is 18.6 Å². The van der Waals surface area contributed by atoms with Crippen molar-refractivity contribution in [3.8, 4) is 0 Å². The molecule has 0 bridgehead atoms. The average Bonchev–Trinajstić information content (AvgIpc) is 2.53. The van der Waals surface area contributed by atoms with Crippen LogP contribution in [-0.2, 0) is 9.53 Å². The normalized spacial score (nSPS) is 10.8. The molecule has 6 heteroatoms. The molecule has 0 aliphatic carbocycles. The van der Waals surface area contributed by atoms with Crippen LogP contribution in [0.2, 0.25) is 0 Å². The highest BCUT2D eigenvalue weighted by Crippen LogP contribution is 2.14. The molecule has 0 aliphatic heterocycles. The maximum Gasteiger partial charge on any atom is 0.316 e. The van der Waals surface area contributed by atoms with Crippen LogP contribution in [0, 0.1) is 0 Å². The first-order valence-corrected chi connectivity index (χ1v) is 8.46. The number of nitrogens with zero attached hydrogens (tertiary/aromatic N) is 1. The van der Waals surface area contributed by atoms with Gasteiger partial charge in [-0.2, -0.15) is 0 Å². The second kappa shape index (κ2) is 8.58. The minimum Gasteiger partial charge on any atom is -0.465 e. The highest BCUT2D eigenvalue weighted by Gasteiger charge is 2.08. The van der Waals surface area contributed by atoms with E-state index >= 15 is 0 Å². The number of aromatic nitrogens is 2. The van der Waals surface area contributed by atoms with Gasteiger partial charge in [-0.1, -0.05) is 50.1 Å². The maximum atomic E-state index is 11.9. The summed E-state index contributed by atoms with van der Waals surface area (Å²) in [6.45, 7) is 2.60. The molecule has 0 radical (unpaired) electrons. The lowest BCUT2D eigenvalue weighted by atomic mass is 10.2. The molecule has 0 aliphatic rings. The zero-order chi connectivity index (χ0) is 15.8. The van der Waals surface area contributed by atoms with Gasteiger partial charge in [0.2, 0.25) is 0 Å². The van der Waals surface area contributed by atoms with Crippen LogP contribution in [0.25, 0.3) is 10.9 Å². The summed E-state index contributed by atoms with van der Waals surface area (Å²) < 4.78 is 5.15. The summed E-state index contributed by atoms with van der Waals surface area (Å²) in [6.07, 6.45) is 4.30. The zero-order valence-corrected chi connectivity index (χ0v) is 13.4. The monoisotopic (exact) mass is 320 g/mol. The number of hydrogen-bond acceptors (Lipinski definition) is 5. The van der Waals surface area contributed by atoms with Crippen LogP contribution in [0.15, 0.2) is 34.2 Å². The molecule has 1 heterocycles. The Morgan fingerprint density at radius 3 is 2.91 bits per heavy atom. The first kappa shape index (κ1) is 16.5. The van der Waals surface area contributed by atoms with Gasteiger partial charge in [0.15, 0.2) is 5.16 Å². The predicted octanol–water partition coefficient (Wildman–Crippen LogP) is 3.14. The molecule has 5 nitrogen and oxygen atoms in total. The SMILES string of the molecule is CCCCCCOC(=O)CSc1nc2ccccc2c(=O)[nH]1. The third-order valence-corrected chi connectivity index (χ3v) is 4.03. The molecule has 1 N–H and O–H groups in total. The minimum atomic E-state index is -0.280. The summed E-state index contributed by atoms with van der Waals surface area (Å²) in [5.41, 5.74) is 0.433. The number of H-pyrrole nitrogens is 1. The molecule has 1 aromatic heterocycles. The first-order chi connectivity index (χ1) is 10.7. The van der Waals surface area contributed by atoms with Crippen molar-refractivity contribution in [3.63, 3.8) is 0 Å². The van der Waals surface area contributed by atoms with Crippen molar-refractivity contribution in [2.45, 2.75) is 37.8 Å². The Bertz CT molecular complexity index is 684. The second-order valence-electron chi connectivity index (χ2n) is 4.96. The van der Waals surface area contributed by atoms with Crippen LogP contribution in [0.5, 0.6) is 0 Å². The summed E-state index contributed by atoms with van der Waals surface area (Å²) in [5.74, 6) is -0.132. The predicted molar refractivity (Wildman–Crippen MR) is 88.2 cm³/mol. The van der Waals surface area contributed by atoms with Crippen molar-refractivity contribution in [1.29, 1.82) is 0 Å². The minimum absolute atomic E-state index is 0.148. The number of benzene rings is 1. The summed E-state index contributed by atoms with van der Waals surface area (Å²) in [6, 6.07) is 7.12. The van der Waals surface area contributed by atoms with Crippen molar-refractivity contribution in [2.75, 3.05) is 12.4 Å². The molecular weight excluding hydrogens is 300 g/mol. The van der Waals surface area contributed by atoms with Crippen molar-refractivity contribution in [3.05, 3.63) is 34.6 Å². The molecule has 0 atom stereocenters. The van der Waals surface area contributed by atoms with E-state index in [0.717, 1.165) is 25.7 Å². The highest BCUT2D eigenvalue weighted by atomic mass is 32.2. The van der Waals surface area contributed by atoms with Crippen LogP contribution in [-0.4, -0.2) is 28.3 Å².